The Bertz CT molecular complexity index is 470. The number of carbonyl (C=O) groups is 1. The summed E-state index contributed by atoms with van der Waals surface area (Å²) in [5.41, 5.74) is 6.97. The molecular formula is C15H23N3O2. The van der Waals surface area contributed by atoms with Crippen molar-refractivity contribution in [2.45, 2.75) is 31.7 Å². The van der Waals surface area contributed by atoms with Gasteiger partial charge in [0.2, 0.25) is 5.91 Å². The van der Waals surface area contributed by atoms with Crippen molar-refractivity contribution < 1.29 is 9.53 Å². The maximum atomic E-state index is 12.1. The molecule has 1 aliphatic rings. The molecule has 1 saturated carbocycles. The number of likely N-dealkylation sites (N-methyl/N-ethyl adjacent to an activating group) is 1. The molecule has 1 aliphatic carbocycles. The predicted molar refractivity (Wildman–Crippen MR) is 80.9 cm³/mol. The van der Waals surface area contributed by atoms with Crippen LogP contribution >= 0.6 is 0 Å². The molecule has 1 amide bonds. The summed E-state index contributed by atoms with van der Waals surface area (Å²) in [4.78, 5) is 14.2. The van der Waals surface area contributed by atoms with Gasteiger partial charge in [-0.25, -0.2) is 0 Å². The van der Waals surface area contributed by atoms with Crippen LogP contribution in [0.4, 0.5) is 11.4 Å². The van der Waals surface area contributed by atoms with E-state index in [1.165, 1.54) is 25.7 Å². The van der Waals surface area contributed by atoms with Crippen LogP contribution in [-0.2, 0) is 4.79 Å². The molecule has 0 bridgehead atoms. The Morgan fingerprint density at radius 3 is 2.80 bits per heavy atom. The molecule has 5 nitrogen and oxygen atoms in total. The Morgan fingerprint density at radius 1 is 1.45 bits per heavy atom. The highest BCUT2D eigenvalue weighted by molar-refractivity contribution is 5.94. The van der Waals surface area contributed by atoms with E-state index in [1.54, 1.807) is 25.3 Å². The SMILES string of the molecule is COc1cc(N)ccc1NC(=O)CN(C)C1CCCC1. The van der Waals surface area contributed by atoms with Crippen molar-refractivity contribution in [2.75, 3.05) is 31.8 Å². The summed E-state index contributed by atoms with van der Waals surface area (Å²) in [6, 6.07) is 5.76. The molecule has 0 aliphatic heterocycles. The van der Waals surface area contributed by atoms with E-state index in [1.807, 2.05) is 7.05 Å². The first-order valence-corrected chi connectivity index (χ1v) is 7.03. The van der Waals surface area contributed by atoms with E-state index in [0.29, 0.717) is 29.7 Å². The van der Waals surface area contributed by atoms with Crippen LogP contribution in [0.15, 0.2) is 18.2 Å². The number of ether oxygens (including phenoxy) is 1. The summed E-state index contributed by atoms with van der Waals surface area (Å²) in [7, 11) is 3.57. The number of rotatable bonds is 5. The molecule has 0 atom stereocenters. The van der Waals surface area contributed by atoms with Gasteiger partial charge in [0.15, 0.2) is 0 Å². The molecule has 2 rings (SSSR count). The van der Waals surface area contributed by atoms with E-state index in [4.69, 9.17) is 10.5 Å². The number of nitrogens with one attached hydrogen (secondary N) is 1. The van der Waals surface area contributed by atoms with Crippen LogP contribution in [-0.4, -0.2) is 37.6 Å². The second-order valence-electron chi connectivity index (χ2n) is 5.36. The third-order valence-corrected chi connectivity index (χ3v) is 3.84. The van der Waals surface area contributed by atoms with Crippen molar-refractivity contribution in [3.8, 4) is 5.75 Å². The normalized spacial score (nSPS) is 15.6. The Balaban J connectivity index is 1.93. The van der Waals surface area contributed by atoms with E-state index in [-0.39, 0.29) is 5.91 Å². The number of methoxy groups -OCH3 is 1. The highest BCUT2D eigenvalue weighted by Crippen LogP contribution is 2.27. The molecule has 0 radical (unpaired) electrons. The predicted octanol–water partition coefficient (Wildman–Crippen LogP) is 2.09. The average molecular weight is 277 g/mol. The average Bonchev–Trinajstić information content (AvgIpc) is 2.94. The fourth-order valence-electron chi connectivity index (χ4n) is 2.70. The summed E-state index contributed by atoms with van der Waals surface area (Å²) in [6.07, 6.45) is 4.91. The number of nitrogen functional groups attached to an aromatic ring is 1. The van der Waals surface area contributed by atoms with Gasteiger partial charge in [-0.15, -0.1) is 0 Å². The molecule has 110 valence electrons. The van der Waals surface area contributed by atoms with Gasteiger partial charge in [0.1, 0.15) is 5.75 Å². The number of nitrogens with two attached hydrogens (primary N) is 1. The molecule has 1 aromatic rings. The number of hydrogen-bond acceptors (Lipinski definition) is 4. The van der Waals surface area contributed by atoms with Crippen LogP contribution in [0.5, 0.6) is 5.75 Å². The van der Waals surface area contributed by atoms with E-state index >= 15 is 0 Å². The molecule has 3 N–H and O–H groups in total. The van der Waals surface area contributed by atoms with Crippen LogP contribution in [0.1, 0.15) is 25.7 Å². The second kappa shape index (κ2) is 6.61. The van der Waals surface area contributed by atoms with Gasteiger partial charge in [0.05, 0.1) is 19.3 Å². The van der Waals surface area contributed by atoms with Crippen molar-refractivity contribution in [1.29, 1.82) is 0 Å². The van der Waals surface area contributed by atoms with E-state index in [9.17, 15) is 4.79 Å². The maximum Gasteiger partial charge on any atom is 0.238 e. The molecule has 1 fully saturated rings. The number of benzene rings is 1. The molecule has 0 spiro atoms. The number of amides is 1. The minimum Gasteiger partial charge on any atom is -0.494 e. The number of hydrogen-bond donors (Lipinski definition) is 2. The van der Waals surface area contributed by atoms with Gasteiger partial charge in [0.25, 0.3) is 0 Å². The molecule has 5 heteroatoms. The smallest absolute Gasteiger partial charge is 0.238 e. The molecule has 0 saturated heterocycles. The van der Waals surface area contributed by atoms with Crippen LogP contribution in [0.3, 0.4) is 0 Å². The maximum absolute atomic E-state index is 12.1. The molecule has 0 heterocycles. The number of anilines is 2. The number of nitrogens with zero attached hydrogens (tertiary/aromatic N) is 1. The minimum absolute atomic E-state index is 0.0255. The Hall–Kier alpha value is -1.75. The highest BCUT2D eigenvalue weighted by Gasteiger charge is 2.21. The van der Waals surface area contributed by atoms with Crippen LogP contribution < -0.4 is 15.8 Å². The van der Waals surface area contributed by atoms with Gasteiger partial charge in [-0.1, -0.05) is 12.8 Å². The lowest BCUT2D eigenvalue weighted by molar-refractivity contribution is -0.117. The van der Waals surface area contributed by atoms with E-state index < -0.39 is 0 Å². The zero-order valence-electron chi connectivity index (χ0n) is 12.2. The van der Waals surface area contributed by atoms with Gasteiger partial charge in [0, 0.05) is 17.8 Å². The number of carbonyl (C=O) groups excluding carboxylic acids is 1. The highest BCUT2D eigenvalue weighted by atomic mass is 16.5. The zero-order chi connectivity index (χ0) is 14.5. The molecular weight excluding hydrogens is 254 g/mol. The van der Waals surface area contributed by atoms with Crippen LogP contribution in [0, 0.1) is 0 Å². The van der Waals surface area contributed by atoms with E-state index in [2.05, 4.69) is 10.2 Å². The Morgan fingerprint density at radius 2 is 2.15 bits per heavy atom. The topological polar surface area (TPSA) is 67.6 Å². The van der Waals surface area contributed by atoms with Crippen molar-refractivity contribution in [3.05, 3.63) is 18.2 Å². The molecule has 20 heavy (non-hydrogen) atoms. The lowest BCUT2D eigenvalue weighted by Gasteiger charge is -2.23. The Labute approximate surface area is 120 Å². The summed E-state index contributed by atoms with van der Waals surface area (Å²) in [6.45, 7) is 0.401. The monoisotopic (exact) mass is 277 g/mol. The third kappa shape index (κ3) is 3.63. The van der Waals surface area contributed by atoms with Crippen molar-refractivity contribution in [3.63, 3.8) is 0 Å². The first-order valence-electron chi connectivity index (χ1n) is 7.03. The largest absolute Gasteiger partial charge is 0.494 e. The minimum atomic E-state index is -0.0255. The second-order valence-corrected chi connectivity index (χ2v) is 5.36. The van der Waals surface area contributed by atoms with Crippen LogP contribution in [0.25, 0.3) is 0 Å². The van der Waals surface area contributed by atoms with Gasteiger partial charge in [-0.2, -0.15) is 0 Å². The molecule has 1 aromatic carbocycles. The van der Waals surface area contributed by atoms with Gasteiger partial charge in [-0.05, 0) is 32.0 Å². The fourth-order valence-corrected chi connectivity index (χ4v) is 2.70. The lowest BCUT2D eigenvalue weighted by Crippen LogP contribution is -2.36. The first-order chi connectivity index (χ1) is 9.60. The first kappa shape index (κ1) is 14.7. The van der Waals surface area contributed by atoms with Crippen molar-refractivity contribution in [1.82, 2.24) is 4.90 Å². The van der Waals surface area contributed by atoms with Gasteiger partial charge < -0.3 is 15.8 Å². The molecule has 0 aromatic heterocycles. The van der Waals surface area contributed by atoms with Crippen molar-refractivity contribution >= 4 is 17.3 Å². The zero-order valence-corrected chi connectivity index (χ0v) is 12.2. The summed E-state index contributed by atoms with van der Waals surface area (Å²) >= 11 is 0. The van der Waals surface area contributed by atoms with Crippen molar-refractivity contribution in [2.24, 2.45) is 0 Å². The fraction of sp³-hybridized carbons (Fsp3) is 0.533. The lowest BCUT2D eigenvalue weighted by atomic mass is 10.2. The van der Waals surface area contributed by atoms with E-state index in [0.717, 1.165) is 0 Å². The molecule has 0 unspecified atom stereocenters. The standard InChI is InChI=1S/C15H23N3O2/c1-18(12-5-3-4-6-12)10-15(19)17-13-8-7-11(16)9-14(13)20-2/h7-9,12H,3-6,10,16H2,1-2H3,(H,17,19). The van der Waals surface area contributed by atoms with Crippen LogP contribution in [0.2, 0.25) is 0 Å². The summed E-state index contributed by atoms with van der Waals surface area (Å²) in [5, 5.41) is 2.88. The Kier molecular flexibility index (Phi) is 4.84. The van der Waals surface area contributed by atoms with Gasteiger partial charge >= 0.3 is 0 Å². The summed E-state index contributed by atoms with van der Waals surface area (Å²) < 4.78 is 5.22. The van der Waals surface area contributed by atoms with Gasteiger partial charge in [-0.3, -0.25) is 9.69 Å². The quantitative estimate of drug-likeness (QED) is 0.809. The third-order valence-electron chi connectivity index (χ3n) is 3.84. The summed E-state index contributed by atoms with van der Waals surface area (Å²) in [5.74, 6) is 0.560.